The minimum absolute atomic E-state index is 0.0106. The van der Waals surface area contributed by atoms with E-state index in [4.69, 9.17) is 0 Å². The zero-order valence-electron chi connectivity index (χ0n) is 22.1. The number of aliphatic carboxylic acids is 1. The first-order valence-corrected chi connectivity index (χ1v) is 13.6. The van der Waals surface area contributed by atoms with Gasteiger partial charge >= 0.3 is 5.97 Å². The van der Waals surface area contributed by atoms with Crippen LogP contribution in [0.1, 0.15) is 106 Å². The Morgan fingerprint density at radius 1 is 0.971 bits per heavy atom. The predicted octanol–water partition coefficient (Wildman–Crippen LogP) is 6.62. The molecule has 1 N–H and O–H groups in total. The topological polar surface area (TPSA) is 71.4 Å². The monoisotopic (exact) mass is 468 g/mol. The van der Waals surface area contributed by atoms with Crippen LogP contribution >= 0.6 is 0 Å². The minimum atomic E-state index is -0.656. The summed E-state index contributed by atoms with van der Waals surface area (Å²) >= 11 is 0. The van der Waals surface area contributed by atoms with Gasteiger partial charge in [-0.1, -0.05) is 46.3 Å². The normalized spacial score (nSPS) is 51.8. The van der Waals surface area contributed by atoms with Gasteiger partial charge in [0, 0.05) is 17.3 Å². The van der Waals surface area contributed by atoms with Crippen LogP contribution in [0, 0.1) is 50.2 Å². The molecular weight excluding hydrogens is 424 g/mol. The van der Waals surface area contributed by atoms with Crippen molar-refractivity contribution in [3.8, 4) is 0 Å². The first kappa shape index (κ1) is 24.3. The standard InChI is InChI=1S/C30H44O4/c1-25(2)21-9-11-29(6)22(30(21,18-31)12-10-23(25)32)8-7-19-20-17-27(4,24(33)34)14-13-26(20,3)15-16-28(19,29)5/h7,18,20-22H,8-17H2,1-6H3,(H,33,34)/t20-,21-,22-,26+,27-,28+,29+,30+/m0/s1. The van der Waals surface area contributed by atoms with E-state index >= 15 is 0 Å². The molecule has 0 radical (unpaired) electrons. The Labute approximate surface area is 205 Å². The first-order valence-electron chi connectivity index (χ1n) is 13.6. The van der Waals surface area contributed by atoms with Crippen molar-refractivity contribution in [2.24, 2.45) is 50.2 Å². The van der Waals surface area contributed by atoms with Crippen LogP contribution in [-0.2, 0) is 14.4 Å². The number of aldehydes is 1. The minimum Gasteiger partial charge on any atom is -0.481 e. The second kappa shape index (κ2) is 7.07. The number of hydrogen-bond donors (Lipinski definition) is 1. The smallest absolute Gasteiger partial charge is 0.309 e. The molecule has 0 unspecified atom stereocenters. The highest BCUT2D eigenvalue weighted by molar-refractivity contribution is 5.87. The van der Waals surface area contributed by atoms with Crippen LogP contribution < -0.4 is 0 Å². The van der Waals surface area contributed by atoms with E-state index in [9.17, 15) is 19.5 Å². The zero-order valence-corrected chi connectivity index (χ0v) is 22.1. The molecule has 4 nitrogen and oxygen atoms in total. The van der Waals surface area contributed by atoms with E-state index in [2.05, 4.69) is 40.7 Å². The summed E-state index contributed by atoms with van der Waals surface area (Å²) in [7, 11) is 0. The maximum absolute atomic E-state index is 13.0. The fraction of sp³-hybridized carbons (Fsp3) is 0.833. The van der Waals surface area contributed by atoms with Crippen molar-refractivity contribution in [1.29, 1.82) is 0 Å². The Morgan fingerprint density at radius 3 is 2.29 bits per heavy atom. The fourth-order valence-corrected chi connectivity index (χ4v) is 10.1. The first-order chi connectivity index (χ1) is 15.7. The average molecular weight is 469 g/mol. The third kappa shape index (κ3) is 2.75. The molecule has 0 bridgehead atoms. The largest absolute Gasteiger partial charge is 0.481 e. The van der Waals surface area contributed by atoms with Crippen molar-refractivity contribution in [2.45, 2.75) is 106 Å². The number of rotatable bonds is 2. The van der Waals surface area contributed by atoms with E-state index < -0.39 is 22.2 Å². The van der Waals surface area contributed by atoms with Crippen molar-refractivity contribution >= 4 is 18.0 Å². The van der Waals surface area contributed by atoms with Crippen molar-refractivity contribution in [2.75, 3.05) is 0 Å². The molecule has 0 aromatic carbocycles. The van der Waals surface area contributed by atoms with Crippen LogP contribution in [0.3, 0.4) is 0 Å². The molecule has 0 heterocycles. The molecule has 0 aliphatic heterocycles. The molecule has 8 atom stereocenters. The summed E-state index contributed by atoms with van der Waals surface area (Å²) < 4.78 is 0. The van der Waals surface area contributed by atoms with Crippen molar-refractivity contribution in [3.63, 3.8) is 0 Å². The van der Waals surface area contributed by atoms with Crippen molar-refractivity contribution in [1.82, 2.24) is 0 Å². The second-order valence-corrected chi connectivity index (χ2v) is 14.4. The Hall–Kier alpha value is -1.45. The van der Waals surface area contributed by atoms with Crippen molar-refractivity contribution < 1.29 is 19.5 Å². The number of hydrogen-bond acceptors (Lipinski definition) is 3. The predicted molar refractivity (Wildman–Crippen MR) is 132 cm³/mol. The van der Waals surface area contributed by atoms with Crippen LogP contribution in [0.2, 0.25) is 0 Å². The molecular formula is C30H44O4. The highest BCUT2D eigenvalue weighted by atomic mass is 16.4. The molecule has 0 aromatic heterocycles. The van der Waals surface area contributed by atoms with Crippen molar-refractivity contribution in [3.05, 3.63) is 11.6 Å². The van der Waals surface area contributed by atoms with Gasteiger partial charge in [0.15, 0.2) is 0 Å². The highest BCUT2D eigenvalue weighted by Gasteiger charge is 2.69. The van der Waals surface area contributed by atoms with Gasteiger partial charge in [-0.2, -0.15) is 0 Å². The van der Waals surface area contributed by atoms with Gasteiger partial charge in [-0.05, 0) is 98.7 Å². The molecule has 0 amide bonds. The summed E-state index contributed by atoms with van der Waals surface area (Å²) in [5.74, 6) is 0.329. The Bertz CT molecular complexity index is 978. The van der Waals surface area contributed by atoms with E-state index in [0.29, 0.717) is 24.5 Å². The average Bonchev–Trinajstić information content (AvgIpc) is 2.77. The SMILES string of the molecule is CC1(C)C(=O)CC[C@]2(C=O)[C@H]3CC=C4[C@@H]5C[C@@](C)(C(=O)O)CC[C@]5(C)CC[C@@]4(C)[C@]3(C)CC[C@@H]12. The third-order valence-electron chi connectivity index (χ3n) is 12.9. The summed E-state index contributed by atoms with van der Waals surface area (Å²) in [6.07, 6.45) is 12.5. The molecule has 5 rings (SSSR count). The summed E-state index contributed by atoms with van der Waals surface area (Å²) in [5, 5.41) is 10.0. The maximum atomic E-state index is 13.0. The van der Waals surface area contributed by atoms with Crippen LogP contribution in [0.5, 0.6) is 0 Å². The zero-order chi connectivity index (χ0) is 24.9. The number of Topliss-reactive ketones (excluding diaryl/α,β-unsaturated/α-hetero) is 1. The number of allylic oxidation sites excluding steroid dienone is 2. The van der Waals surface area contributed by atoms with Crippen LogP contribution in [-0.4, -0.2) is 23.1 Å². The third-order valence-corrected chi connectivity index (χ3v) is 12.9. The van der Waals surface area contributed by atoms with Gasteiger partial charge in [-0.15, -0.1) is 0 Å². The summed E-state index contributed by atoms with van der Waals surface area (Å²) in [4.78, 5) is 38.1. The lowest BCUT2D eigenvalue weighted by Gasteiger charge is -2.70. The van der Waals surface area contributed by atoms with E-state index in [1.54, 1.807) is 0 Å². The molecule has 0 saturated heterocycles. The lowest BCUT2D eigenvalue weighted by molar-refractivity contribution is -0.187. The second-order valence-electron chi connectivity index (χ2n) is 14.4. The van der Waals surface area contributed by atoms with Gasteiger partial charge in [0.2, 0.25) is 0 Å². The number of carbonyl (C=O) groups excluding carboxylic acids is 2. The number of ketones is 1. The Balaban J connectivity index is 1.60. The maximum Gasteiger partial charge on any atom is 0.309 e. The summed E-state index contributed by atoms with van der Waals surface area (Å²) in [6.45, 7) is 13.4. The molecule has 5 aliphatic rings. The number of carbonyl (C=O) groups is 3. The van der Waals surface area contributed by atoms with Gasteiger partial charge in [0.05, 0.1) is 5.41 Å². The van der Waals surface area contributed by atoms with Gasteiger partial charge in [-0.3, -0.25) is 9.59 Å². The fourth-order valence-electron chi connectivity index (χ4n) is 10.1. The van der Waals surface area contributed by atoms with Crippen LogP contribution in [0.25, 0.3) is 0 Å². The molecule has 4 fully saturated rings. The lowest BCUT2D eigenvalue weighted by atomic mass is 9.33. The van der Waals surface area contributed by atoms with Gasteiger partial charge in [0.25, 0.3) is 0 Å². The van der Waals surface area contributed by atoms with Crippen LogP contribution in [0.4, 0.5) is 0 Å². The van der Waals surface area contributed by atoms with E-state index in [0.717, 1.165) is 51.4 Å². The lowest BCUT2D eigenvalue weighted by Crippen LogP contribution is -2.65. The molecule has 5 aliphatic carbocycles. The van der Waals surface area contributed by atoms with E-state index in [1.165, 1.54) is 11.9 Å². The Kier molecular flexibility index (Phi) is 5.04. The van der Waals surface area contributed by atoms with Crippen LogP contribution in [0.15, 0.2) is 11.6 Å². The number of carboxylic acids is 1. The number of carboxylic acid groups (broad SMARTS) is 1. The Morgan fingerprint density at radius 2 is 1.65 bits per heavy atom. The van der Waals surface area contributed by atoms with Gasteiger partial charge in [-0.25, -0.2) is 0 Å². The molecule has 4 heteroatoms. The number of fused-ring (bicyclic) bond motifs is 7. The molecule has 188 valence electrons. The highest BCUT2D eigenvalue weighted by Crippen LogP contribution is 2.75. The van der Waals surface area contributed by atoms with Gasteiger partial charge < -0.3 is 9.90 Å². The quantitative estimate of drug-likeness (QED) is 0.365. The van der Waals surface area contributed by atoms with Gasteiger partial charge in [0.1, 0.15) is 12.1 Å². The van der Waals surface area contributed by atoms with E-state index in [1.807, 2.05) is 6.92 Å². The molecule has 0 aromatic rings. The molecule has 0 spiro atoms. The molecule has 4 saturated carbocycles. The van der Waals surface area contributed by atoms with E-state index in [-0.39, 0.29) is 28.1 Å². The summed E-state index contributed by atoms with van der Waals surface area (Å²) in [6, 6.07) is 0. The summed E-state index contributed by atoms with van der Waals surface area (Å²) in [5.41, 5.74) is 0.102. The molecule has 34 heavy (non-hydrogen) atoms.